The van der Waals surface area contributed by atoms with E-state index in [9.17, 15) is 4.79 Å². The van der Waals surface area contributed by atoms with Gasteiger partial charge >= 0.3 is 5.97 Å². The van der Waals surface area contributed by atoms with Crippen molar-refractivity contribution in [2.45, 2.75) is 13.8 Å². The third-order valence-electron chi connectivity index (χ3n) is 2.28. The highest BCUT2D eigenvalue weighted by Gasteiger charge is 2.13. The molecule has 0 radical (unpaired) electrons. The van der Waals surface area contributed by atoms with Crippen molar-refractivity contribution in [3.05, 3.63) is 28.3 Å². The molecule has 1 N–H and O–H groups in total. The van der Waals surface area contributed by atoms with Gasteiger partial charge in [-0.05, 0) is 37.6 Å². The average Bonchev–Trinajstić information content (AvgIpc) is 2.40. The van der Waals surface area contributed by atoms with E-state index in [0.29, 0.717) is 35.3 Å². The van der Waals surface area contributed by atoms with Crippen molar-refractivity contribution in [2.75, 3.05) is 13.2 Å². The first-order chi connectivity index (χ1) is 9.53. The molecule has 1 aromatic rings. The first kappa shape index (κ1) is 15.9. The summed E-state index contributed by atoms with van der Waals surface area (Å²) in [6.07, 6.45) is 1.23. The number of nitrogens with zero attached hydrogens (tertiary/aromatic N) is 1. The Labute approximate surface area is 122 Å². The van der Waals surface area contributed by atoms with E-state index in [0.717, 1.165) is 0 Å². The molecule has 0 aliphatic heterocycles. The van der Waals surface area contributed by atoms with Gasteiger partial charge in [-0.15, -0.1) is 0 Å². The molecule has 6 heteroatoms. The van der Waals surface area contributed by atoms with Crippen LogP contribution < -0.4 is 9.47 Å². The van der Waals surface area contributed by atoms with E-state index in [-0.39, 0.29) is 5.57 Å². The van der Waals surface area contributed by atoms with Crippen LogP contribution in [0.3, 0.4) is 0 Å². The van der Waals surface area contributed by atoms with Crippen molar-refractivity contribution in [3.63, 3.8) is 0 Å². The number of aliphatic carboxylic acids is 1. The minimum Gasteiger partial charge on any atom is -0.490 e. The van der Waals surface area contributed by atoms with Crippen molar-refractivity contribution in [3.8, 4) is 17.6 Å². The van der Waals surface area contributed by atoms with E-state index in [1.807, 2.05) is 13.8 Å². The Hall–Kier alpha value is -2.19. The summed E-state index contributed by atoms with van der Waals surface area (Å²) in [7, 11) is 0. The molecule has 1 rings (SSSR count). The molecule has 5 nitrogen and oxygen atoms in total. The van der Waals surface area contributed by atoms with Crippen molar-refractivity contribution >= 4 is 23.6 Å². The Kier molecular flexibility index (Phi) is 5.88. The zero-order chi connectivity index (χ0) is 15.1. The Morgan fingerprint density at radius 3 is 2.55 bits per heavy atom. The van der Waals surface area contributed by atoms with Crippen molar-refractivity contribution in [1.29, 1.82) is 5.26 Å². The maximum absolute atomic E-state index is 10.8. The van der Waals surface area contributed by atoms with Crippen LogP contribution in [0.1, 0.15) is 19.4 Å². The van der Waals surface area contributed by atoms with Crippen LogP contribution in [-0.4, -0.2) is 24.3 Å². The summed E-state index contributed by atoms with van der Waals surface area (Å²) in [4.78, 5) is 10.8. The molecule has 0 fully saturated rings. The van der Waals surface area contributed by atoms with Gasteiger partial charge in [0.25, 0.3) is 0 Å². The number of rotatable bonds is 6. The number of ether oxygens (including phenoxy) is 2. The van der Waals surface area contributed by atoms with Gasteiger partial charge in [0.2, 0.25) is 0 Å². The second kappa shape index (κ2) is 7.41. The predicted octanol–water partition coefficient (Wildman–Crippen LogP) is 3.13. The van der Waals surface area contributed by atoms with Gasteiger partial charge in [0.15, 0.2) is 11.5 Å². The summed E-state index contributed by atoms with van der Waals surface area (Å²) in [6.45, 7) is 4.46. The van der Waals surface area contributed by atoms with Crippen molar-refractivity contribution < 1.29 is 19.4 Å². The minimum atomic E-state index is -1.30. The summed E-state index contributed by atoms with van der Waals surface area (Å²) >= 11 is 6.09. The summed E-state index contributed by atoms with van der Waals surface area (Å²) in [5.74, 6) is -0.478. The molecule has 0 aliphatic rings. The number of nitriles is 1. The normalized spacial score (nSPS) is 10.8. The molecular weight excluding hydrogens is 282 g/mol. The molecule has 0 saturated carbocycles. The Bertz CT molecular complexity index is 575. The highest BCUT2D eigenvalue weighted by atomic mass is 35.5. The smallest absolute Gasteiger partial charge is 0.346 e. The zero-order valence-electron chi connectivity index (χ0n) is 11.1. The fourth-order valence-electron chi connectivity index (χ4n) is 1.53. The minimum absolute atomic E-state index is 0.298. The second-order valence-electron chi connectivity index (χ2n) is 3.67. The van der Waals surface area contributed by atoms with E-state index in [2.05, 4.69) is 0 Å². The largest absolute Gasteiger partial charge is 0.490 e. The van der Waals surface area contributed by atoms with Gasteiger partial charge in [0, 0.05) is 0 Å². The monoisotopic (exact) mass is 295 g/mol. The van der Waals surface area contributed by atoms with Gasteiger partial charge in [-0.3, -0.25) is 0 Å². The van der Waals surface area contributed by atoms with Crippen LogP contribution in [0.15, 0.2) is 17.7 Å². The third-order valence-corrected chi connectivity index (χ3v) is 2.56. The molecular formula is C14H14ClNO4. The van der Waals surface area contributed by atoms with Crippen LogP contribution in [0.25, 0.3) is 6.08 Å². The number of halogens is 1. The molecule has 0 aliphatic carbocycles. The predicted molar refractivity (Wildman–Crippen MR) is 75.0 cm³/mol. The van der Waals surface area contributed by atoms with E-state index >= 15 is 0 Å². The van der Waals surface area contributed by atoms with Gasteiger partial charge in [0.05, 0.1) is 18.2 Å². The number of hydrogen-bond donors (Lipinski definition) is 1. The van der Waals surface area contributed by atoms with Gasteiger partial charge in [-0.1, -0.05) is 11.6 Å². The Balaban J connectivity index is 3.31. The van der Waals surface area contributed by atoms with Crippen molar-refractivity contribution in [2.24, 2.45) is 0 Å². The van der Waals surface area contributed by atoms with Gasteiger partial charge in [-0.2, -0.15) is 5.26 Å². The standard InChI is InChI=1S/C14H14ClNO4/c1-3-19-12-7-9(5-10(8-16)14(17)18)6-11(15)13(12)20-4-2/h5-7H,3-4H2,1-2H3,(H,17,18). The molecule has 20 heavy (non-hydrogen) atoms. The van der Waals surface area contributed by atoms with E-state index in [4.69, 9.17) is 31.4 Å². The van der Waals surface area contributed by atoms with Crippen molar-refractivity contribution in [1.82, 2.24) is 0 Å². The number of benzene rings is 1. The van der Waals surface area contributed by atoms with Gasteiger partial charge < -0.3 is 14.6 Å². The molecule has 0 atom stereocenters. The molecule has 0 saturated heterocycles. The first-order valence-electron chi connectivity index (χ1n) is 5.97. The lowest BCUT2D eigenvalue weighted by Gasteiger charge is -2.13. The summed E-state index contributed by atoms with van der Waals surface area (Å²) in [5, 5.41) is 17.9. The van der Waals surface area contributed by atoms with E-state index < -0.39 is 5.97 Å². The van der Waals surface area contributed by atoms with E-state index in [1.165, 1.54) is 12.1 Å². The van der Waals surface area contributed by atoms with Crippen LogP contribution in [0.5, 0.6) is 11.5 Å². The third kappa shape index (κ3) is 3.90. The van der Waals surface area contributed by atoms with Crippen LogP contribution in [0, 0.1) is 11.3 Å². The quantitative estimate of drug-likeness (QED) is 0.644. The lowest BCUT2D eigenvalue weighted by Crippen LogP contribution is -2.00. The van der Waals surface area contributed by atoms with Crippen LogP contribution >= 0.6 is 11.6 Å². The summed E-state index contributed by atoms with van der Waals surface area (Å²) in [5.41, 5.74) is 0.0773. The zero-order valence-corrected chi connectivity index (χ0v) is 11.9. The first-order valence-corrected chi connectivity index (χ1v) is 6.35. The molecule has 0 aromatic heterocycles. The average molecular weight is 296 g/mol. The lowest BCUT2D eigenvalue weighted by atomic mass is 10.1. The molecule has 1 aromatic carbocycles. The molecule has 0 spiro atoms. The number of carbonyl (C=O) groups is 1. The van der Waals surface area contributed by atoms with Crippen LogP contribution in [0.2, 0.25) is 5.02 Å². The molecule has 106 valence electrons. The molecule has 0 amide bonds. The van der Waals surface area contributed by atoms with E-state index in [1.54, 1.807) is 12.1 Å². The van der Waals surface area contributed by atoms with Gasteiger partial charge in [-0.25, -0.2) is 4.79 Å². The summed E-state index contributed by atoms with van der Waals surface area (Å²) in [6, 6.07) is 4.71. The van der Waals surface area contributed by atoms with Gasteiger partial charge in [0.1, 0.15) is 11.6 Å². The van der Waals surface area contributed by atoms with Crippen LogP contribution in [0.4, 0.5) is 0 Å². The molecule has 0 unspecified atom stereocenters. The number of hydrogen-bond acceptors (Lipinski definition) is 4. The lowest BCUT2D eigenvalue weighted by molar-refractivity contribution is -0.132. The fourth-order valence-corrected chi connectivity index (χ4v) is 1.80. The number of carboxylic acids is 1. The van der Waals surface area contributed by atoms with Crippen LogP contribution in [-0.2, 0) is 4.79 Å². The fraction of sp³-hybridized carbons (Fsp3) is 0.286. The topological polar surface area (TPSA) is 79.5 Å². The second-order valence-corrected chi connectivity index (χ2v) is 4.08. The Morgan fingerprint density at radius 1 is 1.40 bits per heavy atom. The molecule has 0 bridgehead atoms. The maximum atomic E-state index is 10.8. The molecule has 0 heterocycles. The Morgan fingerprint density at radius 2 is 2.05 bits per heavy atom. The maximum Gasteiger partial charge on any atom is 0.346 e. The summed E-state index contributed by atoms with van der Waals surface area (Å²) < 4.78 is 10.8. The highest BCUT2D eigenvalue weighted by molar-refractivity contribution is 6.32. The highest BCUT2D eigenvalue weighted by Crippen LogP contribution is 2.37. The number of carboxylic acid groups (broad SMARTS) is 1. The SMILES string of the molecule is CCOc1cc(C=C(C#N)C(=O)O)cc(Cl)c1OCC.